The highest BCUT2D eigenvalue weighted by Crippen LogP contribution is 2.26. The SMILES string of the molecule is CC(C)C(=O)NC1CCCN(c2ncc(C(N)=O)cc2Cl)C1. The molecule has 3 N–H and O–H groups in total. The summed E-state index contributed by atoms with van der Waals surface area (Å²) < 4.78 is 0. The van der Waals surface area contributed by atoms with E-state index in [0.29, 0.717) is 17.4 Å². The summed E-state index contributed by atoms with van der Waals surface area (Å²) in [6, 6.07) is 1.61. The average Bonchev–Trinajstić information content (AvgIpc) is 2.47. The van der Waals surface area contributed by atoms with Gasteiger partial charge in [-0.25, -0.2) is 4.98 Å². The number of nitrogens with two attached hydrogens (primary N) is 1. The third-order valence-electron chi connectivity index (χ3n) is 3.70. The van der Waals surface area contributed by atoms with Gasteiger partial charge in [-0.3, -0.25) is 9.59 Å². The number of nitrogens with zero attached hydrogens (tertiary/aromatic N) is 2. The summed E-state index contributed by atoms with van der Waals surface area (Å²) in [6.07, 6.45) is 3.31. The van der Waals surface area contributed by atoms with E-state index >= 15 is 0 Å². The molecule has 2 amide bonds. The number of piperidine rings is 1. The number of pyridine rings is 1. The summed E-state index contributed by atoms with van der Waals surface area (Å²) in [7, 11) is 0. The second-order valence-corrected chi connectivity index (χ2v) is 6.25. The highest BCUT2D eigenvalue weighted by atomic mass is 35.5. The highest BCUT2D eigenvalue weighted by Gasteiger charge is 2.24. The fourth-order valence-electron chi connectivity index (χ4n) is 2.45. The maximum Gasteiger partial charge on any atom is 0.250 e. The maximum atomic E-state index is 11.8. The lowest BCUT2D eigenvalue weighted by molar-refractivity contribution is -0.124. The minimum Gasteiger partial charge on any atom is -0.366 e. The molecule has 2 rings (SSSR count). The largest absolute Gasteiger partial charge is 0.366 e. The van der Waals surface area contributed by atoms with Crippen molar-refractivity contribution < 1.29 is 9.59 Å². The van der Waals surface area contributed by atoms with Crippen LogP contribution in [0, 0.1) is 5.92 Å². The summed E-state index contributed by atoms with van der Waals surface area (Å²) in [5.74, 6) is 0.0822. The molecule has 120 valence electrons. The van der Waals surface area contributed by atoms with E-state index in [4.69, 9.17) is 17.3 Å². The second-order valence-electron chi connectivity index (χ2n) is 5.84. The zero-order chi connectivity index (χ0) is 16.3. The molecule has 0 saturated carbocycles. The molecule has 0 aromatic carbocycles. The van der Waals surface area contributed by atoms with Gasteiger partial charge in [0.15, 0.2) is 0 Å². The molecule has 1 saturated heterocycles. The lowest BCUT2D eigenvalue weighted by Gasteiger charge is -2.34. The number of halogens is 1. The molecular weight excluding hydrogens is 304 g/mol. The molecule has 2 heterocycles. The number of carbonyl (C=O) groups is 2. The second kappa shape index (κ2) is 6.96. The minimum absolute atomic E-state index is 0.0352. The van der Waals surface area contributed by atoms with Gasteiger partial charge in [-0.1, -0.05) is 25.4 Å². The normalized spacial score (nSPS) is 18.4. The summed E-state index contributed by atoms with van der Waals surface area (Å²) in [5.41, 5.74) is 5.51. The molecule has 1 atom stereocenters. The zero-order valence-corrected chi connectivity index (χ0v) is 13.6. The number of nitrogens with one attached hydrogen (secondary N) is 1. The van der Waals surface area contributed by atoms with Gasteiger partial charge < -0.3 is 16.0 Å². The van der Waals surface area contributed by atoms with E-state index in [1.807, 2.05) is 18.7 Å². The molecule has 1 aromatic rings. The third kappa shape index (κ3) is 3.88. The minimum atomic E-state index is -0.554. The van der Waals surface area contributed by atoms with Crippen molar-refractivity contribution >= 4 is 29.2 Å². The Morgan fingerprint density at radius 2 is 2.23 bits per heavy atom. The number of hydrogen-bond acceptors (Lipinski definition) is 4. The number of anilines is 1. The number of hydrogen-bond donors (Lipinski definition) is 2. The molecule has 1 fully saturated rings. The first-order valence-corrected chi connectivity index (χ1v) is 7.77. The molecule has 0 radical (unpaired) electrons. The van der Waals surface area contributed by atoms with Crippen LogP contribution in [0.2, 0.25) is 5.02 Å². The standard InChI is InChI=1S/C15H21ClN4O2/c1-9(2)15(22)19-11-4-3-5-20(8-11)14-12(16)6-10(7-18-14)13(17)21/h6-7,9,11H,3-5,8H2,1-2H3,(H2,17,21)(H,19,22). The van der Waals surface area contributed by atoms with Gasteiger partial charge in [0.25, 0.3) is 0 Å². The van der Waals surface area contributed by atoms with Gasteiger partial charge in [-0.2, -0.15) is 0 Å². The number of primary amides is 1. The molecule has 1 aromatic heterocycles. The van der Waals surface area contributed by atoms with Crippen LogP contribution in [0.3, 0.4) is 0 Å². The summed E-state index contributed by atoms with van der Waals surface area (Å²) in [6.45, 7) is 5.21. The molecule has 0 bridgehead atoms. The van der Waals surface area contributed by atoms with Crippen LogP contribution in [0.25, 0.3) is 0 Å². The highest BCUT2D eigenvalue weighted by molar-refractivity contribution is 6.33. The van der Waals surface area contributed by atoms with Crippen LogP contribution in [-0.4, -0.2) is 35.9 Å². The zero-order valence-electron chi connectivity index (χ0n) is 12.8. The molecule has 0 spiro atoms. The number of amides is 2. The fourth-order valence-corrected chi connectivity index (χ4v) is 2.74. The molecular formula is C15H21ClN4O2. The van der Waals surface area contributed by atoms with Gasteiger partial charge in [0.2, 0.25) is 11.8 Å². The van der Waals surface area contributed by atoms with Crippen LogP contribution >= 0.6 is 11.6 Å². The molecule has 0 aliphatic carbocycles. The van der Waals surface area contributed by atoms with Crippen LogP contribution in [0.4, 0.5) is 5.82 Å². The first kappa shape index (κ1) is 16.5. The topological polar surface area (TPSA) is 88.3 Å². The number of carbonyl (C=O) groups excluding carboxylic acids is 2. The first-order chi connectivity index (χ1) is 10.4. The van der Waals surface area contributed by atoms with Gasteiger partial charge in [0, 0.05) is 31.2 Å². The number of rotatable bonds is 4. The summed E-state index contributed by atoms with van der Waals surface area (Å²) >= 11 is 6.21. The number of aromatic nitrogens is 1. The van der Waals surface area contributed by atoms with Crippen molar-refractivity contribution in [2.24, 2.45) is 11.7 Å². The predicted octanol–water partition coefficient (Wildman–Crippen LogP) is 1.57. The average molecular weight is 325 g/mol. The van der Waals surface area contributed by atoms with Gasteiger partial charge in [0.05, 0.1) is 10.6 Å². The Labute approximate surface area is 135 Å². The van der Waals surface area contributed by atoms with Gasteiger partial charge >= 0.3 is 0 Å². The predicted molar refractivity (Wildman–Crippen MR) is 86.0 cm³/mol. The Kier molecular flexibility index (Phi) is 5.24. The van der Waals surface area contributed by atoms with Crippen molar-refractivity contribution in [3.8, 4) is 0 Å². The van der Waals surface area contributed by atoms with Gasteiger partial charge in [0.1, 0.15) is 5.82 Å². The van der Waals surface area contributed by atoms with Gasteiger partial charge in [-0.15, -0.1) is 0 Å². The maximum absolute atomic E-state index is 11.8. The van der Waals surface area contributed by atoms with Crippen LogP contribution < -0.4 is 16.0 Å². The quantitative estimate of drug-likeness (QED) is 0.880. The Hall–Kier alpha value is -1.82. The van der Waals surface area contributed by atoms with Crippen molar-refractivity contribution in [1.29, 1.82) is 0 Å². The molecule has 6 nitrogen and oxygen atoms in total. The lowest BCUT2D eigenvalue weighted by Crippen LogP contribution is -2.49. The Balaban J connectivity index is 2.09. The van der Waals surface area contributed by atoms with Crippen LogP contribution in [0.1, 0.15) is 37.0 Å². The molecule has 7 heteroatoms. The monoisotopic (exact) mass is 324 g/mol. The smallest absolute Gasteiger partial charge is 0.250 e. The molecule has 1 unspecified atom stereocenters. The summed E-state index contributed by atoms with van der Waals surface area (Å²) in [5, 5.41) is 3.44. The molecule has 1 aliphatic heterocycles. The molecule has 1 aliphatic rings. The van der Waals surface area contributed by atoms with E-state index in [1.54, 1.807) is 0 Å². The van der Waals surface area contributed by atoms with Crippen molar-refractivity contribution in [3.05, 3.63) is 22.8 Å². The van der Waals surface area contributed by atoms with E-state index in [-0.39, 0.29) is 23.4 Å². The Morgan fingerprint density at radius 1 is 1.50 bits per heavy atom. The van der Waals surface area contributed by atoms with Crippen molar-refractivity contribution in [2.45, 2.75) is 32.7 Å². The van der Waals surface area contributed by atoms with E-state index < -0.39 is 5.91 Å². The van der Waals surface area contributed by atoms with Gasteiger partial charge in [-0.05, 0) is 18.9 Å². The van der Waals surface area contributed by atoms with E-state index in [0.717, 1.165) is 19.4 Å². The van der Waals surface area contributed by atoms with E-state index in [1.165, 1.54) is 12.3 Å². The van der Waals surface area contributed by atoms with Crippen molar-refractivity contribution in [3.63, 3.8) is 0 Å². The van der Waals surface area contributed by atoms with Crippen LogP contribution in [-0.2, 0) is 4.79 Å². The Morgan fingerprint density at radius 3 is 2.82 bits per heavy atom. The van der Waals surface area contributed by atoms with E-state index in [9.17, 15) is 9.59 Å². The third-order valence-corrected chi connectivity index (χ3v) is 3.98. The van der Waals surface area contributed by atoms with Crippen LogP contribution in [0.5, 0.6) is 0 Å². The van der Waals surface area contributed by atoms with Crippen molar-refractivity contribution in [2.75, 3.05) is 18.0 Å². The lowest BCUT2D eigenvalue weighted by atomic mass is 10.0. The summed E-state index contributed by atoms with van der Waals surface area (Å²) in [4.78, 5) is 29.2. The van der Waals surface area contributed by atoms with E-state index in [2.05, 4.69) is 10.3 Å². The van der Waals surface area contributed by atoms with Crippen molar-refractivity contribution in [1.82, 2.24) is 10.3 Å². The molecule has 22 heavy (non-hydrogen) atoms. The Bertz CT molecular complexity index is 577. The van der Waals surface area contributed by atoms with Crippen LogP contribution in [0.15, 0.2) is 12.3 Å². The fraction of sp³-hybridized carbons (Fsp3) is 0.533. The first-order valence-electron chi connectivity index (χ1n) is 7.39.